The maximum atomic E-state index is 12.6. The van der Waals surface area contributed by atoms with Gasteiger partial charge in [0.15, 0.2) is 0 Å². The molecule has 2 amide bonds. The van der Waals surface area contributed by atoms with Crippen LogP contribution < -0.4 is 10.6 Å². The molecule has 2 aromatic carbocycles. The molecule has 1 aliphatic rings. The lowest BCUT2D eigenvalue weighted by Crippen LogP contribution is -2.25. The quantitative estimate of drug-likeness (QED) is 0.813. The predicted octanol–water partition coefficient (Wildman–Crippen LogP) is 3.86. The number of carbonyl (C=O) groups excluding carboxylic acids is 2. The topological polar surface area (TPSA) is 58.2 Å². The van der Waals surface area contributed by atoms with E-state index in [0.717, 1.165) is 23.3 Å². The summed E-state index contributed by atoms with van der Waals surface area (Å²) in [4.78, 5) is 25.7. The zero-order valence-corrected chi connectivity index (χ0v) is 14.6. The molecule has 0 aliphatic heterocycles. The standard InChI is InChI=1S/C19H20N2O2S/c1-12-6-9-16(24-2)11-17(12)19(23)21-15-5-3-4-13(10-15)18(22)20-14-7-8-14/h3-6,9-11,14H,7-8H2,1-2H3,(H,20,22)(H,21,23). The van der Waals surface area contributed by atoms with Crippen molar-refractivity contribution in [3.05, 3.63) is 59.2 Å². The Kier molecular flexibility index (Phi) is 4.90. The van der Waals surface area contributed by atoms with E-state index in [0.29, 0.717) is 22.9 Å². The van der Waals surface area contributed by atoms with Crippen molar-refractivity contribution in [2.45, 2.75) is 30.7 Å². The highest BCUT2D eigenvalue weighted by Gasteiger charge is 2.23. The average molecular weight is 340 g/mol. The third kappa shape index (κ3) is 3.97. The van der Waals surface area contributed by atoms with E-state index in [9.17, 15) is 9.59 Å². The van der Waals surface area contributed by atoms with Crippen LogP contribution in [0.3, 0.4) is 0 Å². The highest BCUT2D eigenvalue weighted by molar-refractivity contribution is 7.98. The van der Waals surface area contributed by atoms with Crippen LogP contribution in [0.25, 0.3) is 0 Å². The minimum absolute atomic E-state index is 0.0887. The molecule has 2 N–H and O–H groups in total. The van der Waals surface area contributed by atoms with Crippen molar-refractivity contribution in [1.29, 1.82) is 0 Å². The van der Waals surface area contributed by atoms with Crippen molar-refractivity contribution in [3.63, 3.8) is 0 Å². The van der Waals surface area contributed by atoms with E-state index < -0.39 is 0 Å². The van der Waals surface area contributed by atoms with E-state index in [2.05, 4.69) is 10.6 Å². The largest absolute Gasteiger partial charge is 0.349 e. The number of anilines is 1. The Morgan fingerprint density at radius 1 is 1.08 bits per heavy atom. The molecule has 0 unspecified atom stereocenters. The number of amides is 2. The van der Waals surface area contributed by atoms with Crippen molar-refractivity contribution < 1.29 is 9.59 Å². The predicted molar refractivity (Wildman–Crippen MR) is 97.8 cm³/mol. The fourth-order valence-corrected chi connectivity index (χ4v) is 2.85. The van der Waals surface area contributed by atoms with Crippen LogP contribution in [0.15, 0.2) is 47.4 Å². The van der Waals surface area contributed by atoms with Crippen molar-refractivity contribution in [3.8, 4) is 0 Å². The molecule has 0 heterocycles. The summed E-state index contributed by atoms with van der Waals surface area (Å²) in [6.07, 6.45) is 4.08. The monoisotopic (exact) mass is 340 g/mol. The van der Waals surface area contributed by atoms with E-state index in [4.69, 9.17) is 0 Å². The third-order valence-electron chi connectivity index (χ3n) is 3.98. The Labute approximate surface area is 146 Å². The zero-order valence-electron chi connectivity index (χ0n) is 13.8. The first-order valence-electron chi connectivity index (χ1n) is 7.94. The van der Waals surface area contributed by atoms with E-state index in [1.54, 1.807) is 36.0 Å². The van der Waals surface area contributed by atoms with Gasteiger partial charge in [-0.2, -0.15) is 0 Å². The van der Waals surface area contributed by atoms with Gasteiger partial charge in [0.05, 0.1) is 0 Å². The molecule has 5 heteroatoms. The minimum Gasteiger partial charge on any atom is -0.349 e. The van der Waals surface area contributed by atoms with Crippen molar-refractivity contribution in [2.75, 3.05) is 11.6 Å². The summed E-state index contributed by atoms with van der Waals surface area (Å²) >= 11 is 1.60. The molecule has 0 spiro atoms. The molecule has 0 bridgehead atoms. The van der Waals surface area contributed by atoms with Gasteiger partial charge in [-0.1, -0.05) is 12.1 Å². The lowest BCUT2D eigenvalue weighted by Gasteiger charge is -2.10. The summed E-state index contributed by atoms with van der Waals surface area (Å²) in [5, 5.41) is 5.84. The second-order valence-corrected chi connectivity index (χ2v) is 6.84. The van der Waals surface area contributed by atoms with Crippen LogP contribution in [0.2, 0.25) is 0 Å². The molecule has 0 aromatic heterocycles. The number of aryl methyl sites for hydroxylation is 1. The van der Waals surface area contributed by atoms with Crippen LogP contribution in [0.5, 0.6) is 0 Å². The lowest BCUT2D eigenvalue weighted by atomic mass is 10.1. The molecular weight excluding hydrogens is 320 g/mol. The molecule has 1 saturated carbocycles. The summed E-state index contributed by atoms with van der Waals surface area (Å²) in [6, 6.07) is 13.2. The second kappa shape index (κ2) is 7.09. The molecule has 2 aromatic rings. The molecule has 1 aliphatic carbocycles. The summed E-state index contributed by atoms with van der Waals surface area (Å²) in [7, 11) is 0. The molecule has 0 atom stereocenters. The van der Waals surface area contributed by atoms with Crippen LogP contribution >= 0.6 is 11.8 Å². The van der Waals surface area contributed by atoms with Gasteiger partial charge in [-0.05, 0) is 61.9 Å². The van der Waals surface area contributed by atoms with Gasteiger partial charge in [0, 0.05) is 27.8 Å². The fourth-order valence-electron chi connectivity index (χ4n) is 2.41. The fraction of sp³-hybridized carbons (Fsp3) is 0.263. The van der Waals surface area contributed by atoms with Crippen LogP contribution in [0.4, 0.5) is 5.69 Å². The Morgan fingerprint density at radius 2 is 1.88 bits per heavy atom. The van der Waals surface area contributed by atoms with Crippen LogP contribution in [0, 0.1) is 6.92 Å². The number of rotatable bonds is 5. The van der Waals surface area contributed by atoms with Gasteiger partial charge in [0.1, 0.15) is 0 Å². The van der Waals surface area contributed by atoms with Gasteiger partial charge in [-0.3, -0.25) is 9.59 Å². The maximum Gasteiger partial charge on any atom is 0.255 e. The van der Waals surface area contributed by atoms with E-state index in [-0.39, 0.29) is 11.8 Å². The smallest absolute Gasteiger partial charge is 0.255 e. The molecule has 1 fully saturated rings. The van der Waals surface area contributed by atoms with Crippen molar-refractivity contribution >= 4 is 29.3 Å². The Morgan fingerprint density at radius 3 is 2.58 bits per heavy atom. The highest BCUT2D eigenvalue weighted by Crippen LogP contribution is 2.22. The van der Waals surface area contributed by atoms with E-state index in [1.165, 1.54) is 0 Å². The molecule has 0 saturated heterocycles. The number of hydrogen-bond donors (Lipinski definition) is 2. The van der Waals surface area contributed by atoms with Gasteiger partial charge in [0.2, 0.25) is 0 Å². The average Bonchev–Trinajstić information content (AvgIpc) is 3.39. The van der Waals surface area contributed by atoms with Crippen molar-refractivity contribution in [1.82, 2.24) is 5.32 Å². The van der Waals surface area contributed by atoms with E-state index >= 15 is 0 Å². The van der Waals surface area contributed by atoms with Gasteiger partial charge >= 0.3 is 0 Å². The molecule has 4 nitrogen and oxygen atoms in total. The van der Waals surface area contributed by atoms with Crippen LogP contribution in [0.1, 0.15) is 39.1 Å². The summed E-state index contributed by atoms with van der Waals surface area (Å²) in [6.45, 7) is 1.92. The zero-order chi connectivity index (χ0) is 17.1. The van der Waals surface area contributed by atoms with E-state index in [1.807, 2.05) is 31.4 Å². The molecule has 0 radical (unpaired) electrons. The number of thioether (sulfide) groups is 1. The number of nitrogens with one attached hydrogen (secondary N) is 2. The third-order valence-corrected chi connectivity index (χ3v) is 4.71. The molecular formula is C19H20N2O2S. The van der Waals surface area contributed by atoms with Crippen LogP contribution in [-0.4, -0.2) is 24.1 Å². The normalized spacial score (nSPS) is 13.4. The van der Waals surface area contributed by atoms with Crippen molar-refractivity contribution in [2.24, 2.45) is 0 Å². The molecule has 124 valence electrons. The summed E-state index contributed by atoms with van der Waals surface area (Å²) in [5.41, 5.74) is 2.76. The SMILES string of the molecule is CSc1ccc(C)c(C(=O)Nc2cccc(C(=O)NC3CC3)c2)c1. The van der Waals surface area contributed by atoms with Gasteiger partial charge in [0.25, 0.3) is 11.8 Å². The summed E-state index contributed by atoms with van der Waals surface area (Å²) in [5.74, 6) is -0.252. The first-order valence-corrected chi connectivity index (χ1v) is 9.16. The second-order valence-electron chi connectivity index (χ2n) is 5.96. The Bertz CT molecular complexity index is 785. The number of hydrogen-bond acceptors (Lipinski definition) is 3. The van der Waals surface area contributed by atoms with Gasteiger partial charge in [-0.25, -0.2) is 0 Å². The molecule has 24 heavy (non-hydrogen) atoms. The van der Waals surface area contributed by atoms with Gasteiger partial charge in [-0.15, -0.1) is 11.8 Å². The summed E-state index contributed by atoms with van der Waals surface area (Å²) < 4.78 is 0. The minimum atomic E-state index is -0.164. The highest BCUT2D eigenvalue weighted by atomic mass is 32.2. The molecule has 3 rings (SSSR count). The van der Waals surface area contributed by atoms with Crippen LogP contribution in [-0.2, 0) is 0 Å². The number of carbonyl (C=O) groups is 2. The Balaban J connectivity index is 1.75. The number of benzene rings is 2. The maximum absolute atomic E-state index is 12.6. The first-order chi connectivity index (χ1) is 11.6. The first kappa shape index (κ1) is 16.6. The van der Waals surface area contributed by atoms with Gasteiger partial charge < -0.3 is 10.6 Å². The Hall–Kier alpha value is -2.27. The lowest BCUT2D eigenvalue weighted by molar-refractivity contribution is 0.0949.